The zero-order chi connectivity index (χ0) is 17.0. The van der Waals surface area contributed by atoms with Crippen LogP contribution in [0.3, 0.4) is 0 Å². The van der Waals surface area contributed by atoms with Crippen molar-refractivity contribution in [1.29, 1.82) is 0 Å². The maximum atomic E-state index is 12.2. The van der Waals surface area contributed by atoms with Crippen molar-refractivity contribution in [3.8, 4) is 11.5 Å². The molecule has 0 spiro atoms. The molecule has 2 aromatic rings. The average Bonchev–Trinajstić information content (AvgIpc) is 2.53. The topological polar surface area (TPSA) is 47.6 Å². The molecule has 23 heavy (non-hydrogen) atoms. The molecule has 0 unspecified atom stereocenters. The van der Waals surface area contributed by atoms with Crippen molar-refractivity contribution in [3.05, 3.63) is 51.0 Å². The molecule has 0 bridgehead atoms. The van der Waals surface area contributed by atoms with E-state index in [9.17, 15) is 4.79 Å². The first-order valence-corrected chi connectivity index (χ1v) is 7.73. The lowest BCUT2D eigenvalue weighted by atomic mass is 10.1. The van der Waals surface area contributed by atoms with E-state index < -0.39 is 0 Å². The van der Waals surface area contributed by atoms with Crippen molar-refractivity contribution in [1.82, 2.24) is 0 Å². The first-order valence-electron chi connectivity index (χ1n) is 6.60. The van der Waals surface area contributed by atoms with E-state index >= 15 is 0 Å². The summed E-state index contributed by atoms with van der Waals surface area (Å²) in [4.78, 5) is 12.2. The Kier molecular flexibility index (Phi) is 5.99. The Balaban J connectivity index is 2.15. The minimum absolute atomic E-state index is 0.115. The molecule has 0 fully saturated rings. The molecule has 4 nitrogen and oxygen atoms in total. The van der Waals surface area contributed by atoms with Gasteiger partial charge >= 0.3 is 0 Å². The molecule has 7 heteroatoms. The summed E-state index contributed by atoms with van der Waals surface area (Å²) in [5.41, 5.74) is 1.13. The standard InChI is InChI=1S/C16H14Cl3NO3/c1-22-10-4-3-9(15(6-10)23-2)5-16(21)20-14-8-12(18)11(17)7-13(14)19/h3-4,6-8H,5H2,1-2H3,(H,20,21). The molecule has 1 N–H and O–H groups in total. The maximum Gasteiger partial charge on any atom is 0.228 e. The molecule has 122 valence electrons. The molecular formula is C16H14Cl3NO3. The number of methoxy groups -OCH3 is 2. The average molecular weight is 375 g/mol. The van der Waals surface area contributed by atoms with E-state index in [1.165, 1.54) is 19.2 Å². The number of halogens is 3. The Hall–Kier alpha value is -1.62. The molecule has 2 rings (SSSR count). The van der Waals surface area contributed by atoms with Gasteiger partial charge in [0, 0.05) is 11.6 Å². The highest BCUT2D eigenvalue weighted by Crippen LogP contribution is 2.32. The third kappa shape index (κ3) is 4.44. The van der Waals surface area contributed by atoms with Crippen molar-refractivity contribution in [2.24, 2.45) is 0 Å². The largest absolute Gasteiger partial charge is 0.497 e. The van der Waals surface area contributed by atoms with Crippen LogP contribution in [-0.2, 0) is 11.2 Å². The van der Waals surface area contributed by atoms with Gasteiger partial charge in [0.15, 0.2) is 0 Å². The summed E-state index contributed by atoms with van der Waals surface area (Å²) in [6.45, 7) is 0. The minimum Gasteiger partial charge on any atom is -0.497 e. The molecule has 0 saturated heterocycles. The Labute approximate surface area is 149 Å². The van der Waals surface area contributed by atoms with Crippen LogP contribution in [0.5, 0.6) is 11.5 Å². The zero-order valence-corrected chi connectivity index (χ0v) is 14.7. The predicted molar refractivity (Wildman–Crippen MR) is 93.4 cm³/mol. The number of carbonyl (C=O) groups excluding carboxylic acids is 1. The fourth-order valence-electron chi connectivity index (χ4n) is 1.98. The predicted octanol–water partition coefficient (Wildman–Crippen LogP) is 4.85. The van der Waals surface area contributed by atoms with Crippen LogP contribution in [0, 0.1) is 0 Å². The molecule has 2 aromatic carbocycles. The zero-order valence-electron chi connectivity index (χ0n) is 12.5. The number of ether oxygens (including phenoxy) is 2. The van der Waals surface area contributed by atoms with Crippen LogP contribution < -0.4 is 14.8 Å². The first kappa shape index (κ1) is 17.7. The summed E-state index contributed by atoms with van der Waals surface area (Å²) in [6, 6.07) is 8.24. The first-order chi connectivity index (χ1) is 10.9. The van der Waals surface area contributed by atoms with Gasteiger partial charge in [0.2, 0.25) is 5.91 Å². The van der Waals surface area contributed by atoms with Crippen LogP contribution in [0.15, 0.2) is 30.3 Å². The van der Waals surface area contributed by atoms with Crippen LogP contribution in [0.1, 0.15) is 5.56 Å². The van der Waals surface area contributed by atoms with Gasteiger partial charge in [-0.1, -0.05) is 40.9 Å². The van der Waals surface area contributed by atoms with Crippen molar-refractivity contribution in [2.45, 2.75) is 6.42 Å². The van der Waals surface area contributed by atoms with E-state index in [2.05, 4.69) is 5.32 Å². The second-order valence-electron chi connectivity index (χ2n) is 4.65. The molecule has 0 aromatic heterocycles. The Morgan fingerprint density at radius 2 is 1.70 bits per heavy atom. The summed E-state index contributed by atoms with van der Waals surface area (Å²) in [6.07, 6.45) is 0.115. The van der Waals surface area contributed by atoms with Gasteiger partial charge in [-0.05, 0) is 18.2 Å². The quantitative estimate of drug-likeness (QED) is 0.761. The summed E-state index contributed by atoms with van der Waals surface area (Å²) in [5, 5.41) is 3.66. The van der Waals surface area contributed by atoms with Crippen molar-refractivity contribution in [2.75, 3.05) is 19.5 Å². The van der Waals surface area contributed by atoms with E-state index in [1.54, 1.807) is 25.3 Å². The van der Waals surface area contributed by atoms with Crippen molar-refractivity contribution >= 4 is 46.4 Å². The number of carbonyl (C=O) groups is 1. The number of hydrogen-bond acceptors (Lipinski definition) is 3. The third-order valence-electron chi connectivity index (χ3n) is 3.13. The lowest BCUT2D eigenvalue weighted by Crippen LogP contribution is -2.15. The molecule has 0 aliphatic rings. The number of anilines is 1. The van der Waals surface area contributed by atoms with Crippen LogP contribution >= 0.6 is 34.8 Å². The molecule has 0 aliphatic heterocycles. The summed E-state index contributed by atoms with van der Waals surface area (Å²) in [7, 11) is 3.10. The number of nitrogens with one attached hydrogen (secondary N) is 1. The van der Waals surface area contributed by atoms with E-state index in [1.807, 2.05) is 0 Å². The van der Waals surface area contributed by atoms with Gasteiger partial charge in [0.1, 0.15) is 11.5 Å². The van der Waals surface area contributed by atoms with Crippen LogP contribution in [-0.4, -0.2) is 20.1 Å². The highest BCUT2D eigenvalue weighted by molar-refractivity contribution is 6.44. The van der Waals surface area contributed by atoms with E-state index in [-0.39, 0.29) is 12.3 Å². The smallest absolute Gasteiger partial charge is 0.228 e. The van der Waals surface area contributed by atoms with Crippen molar-refractivity contribution < 1.29 is 14.3 Å². The van der Waals surface area contributed by atoms with Crippen LogP contribution in [0.2, 0.25) is 15.1 Å². The lowest BCUT2D eigenvalue weighted by molar-refractivity contribution is -0.115. The summed E-state index contributed by atoms with van der Waals surface area (Å²) < 4.78 is 10.4. The molecule has 1 amide bonds. The molecule has 0 radical (unpaired) electrons. The van der Waals surface area contributed by atoms with E-state index in [0.717, 1.165) is 5.56 Å². The van der Waals surface area contributed by atoms with E-state index in [0.29, 0.717) is 32.3 Å². The van der Waals surface area contributed by atoms with Crippen LogP contribution in [0.25, 0.3) is 0 Å². The Morgan fingerprint density at radius 3 is 2.35 bits per heavy atom. The third-order valence-corrected chi connectivity index (χ3v) is 4.16. The number of amides is 1. The maximum absolute atomic E-state index is 12.2. The minimum atomic E-state index is -0.256. The van der Waals surface area contributed by atoms with Crippen molar-refractivity contribution in [3.63, 3.8) is 0 Å². The Bertz CT molecular complexity index is 735. The molecule has 0 aliphatic carbocycles. The fourth-order valence-corrected chi connectivity index (χ4v) is 2.58. The highest BCUT2D eigenvalue weighted by Gasteiger charge is 2.13. The van der Waals surface area contributed by atoms with Crippen LogP contribution in [0.4, 0.5) is 5.69 Å². The van der Waals surface area contributed by atoms with Gasteiger partial charge in [-0.15, -0.1) is 0 Å². The second-order valence-corrected chi connectivity index (χ2v) is 5.87. The van der Waals surface area contributed by atoms with Gasteiger partial charge in [0.25, 0.3) is 0 Å². The van der Waals surface area contributed by atoms with Gasteiger partial charge in [-0.3, -0.25) is 4.79 Å². The normalized spacial score (nSPS) is 10.3. The van der Waals surface area contributed by atoms with E-state index in [4.69, 9.17) is 44.3 Å². The summed E-state index contributed by atoms with van der Waals surface area (Å²) >= 11 is 17.8. The fraction of sp³-hybridized carbons (Fsp3) is 0.188. The van der Waals surface area contributed by atoms with Gasteiger partial charge in [-0.25, -0.2) is 0 Å². The number of rotatable bonds is 5. The van der Waals surface area contributed by atoms with Gasteiger partial charge < -0.3 is 14.8 Å². The molecule has 0 saturated carbocycles. The number of hydrogen-bond donors (Lipinski definition) is 1. The van der Waals surface area contributed by atoms with Gasteiger partial charge in [-0.2, -0.15) is 0 Å². The highest BCUT2D eigenvalue weighted by atomic mass is 35.5. The SMILES string of the molecule is COc1ccc(CC(=O)Nc2cc(Cl)c(Cl)cc2Cl)c(OC)c1. The second kappa shape index (κ2) is 7.77. The Morgan fingerprint density at radius 1 is 1.00 bits per heavy atom. The monoisotopic (exact) mass is 373 g/mol. The molecule has 0 heterocycles. The number of benzene rings is 2. The molecule has 0 atom stereocenters. The molecular weight excluding hydrogens is 361 g/mol. The lowest BCUT2D eigenvalue weighted by Gasteiger charge is -2.12. The summed E-state index contributed by atoms with van der Waals surface area (Å²) in [5.74, 6) is 0.965. The van der Waals surface area contributed by atoms with Gasteiger partial charge in [0.05, 0.1) is 41.4 Å².